The first-order chi connectivity index (χ1) is 9.31. The normalized spacial score (nSPS) is 16.7. The Morgan fingerprint density at radius 1 is 1.37 bits per heavy atom. The Bertz CT molecular complexity index is 453. The molecule has 1 aliphatic heterocycles. The van der Waals surface area contributed by atoms with Crippen LogP contribution in [0.5, 0.6) is 0 Å². The molecule has 0 bridgehead atoms. The Kier molecular flexibility index (Phi) is 4.78. The van der Waals surface area contributed by atoms with Crippen LogP contribution in [0.25, 0.3) is 0 Å². The summed E-state index contributed by atoms with van der Waals surface area (Å²) in [5, 5.41) is 0. The average Bonchev–Trinajstić information content (AvgIpc) is 2.98. The molecule has 0 radical (unpaired) electrons. The van der Waals surface area contributed by atoms with Gasteiger partial charge in [-0.05, 0) is 37.0 Å². The van der Waals surface area contributed by atoms with Crippen molar-refractivity contribution in [2.45, 2.75) is 19.3 Å². The molecule has 0 N–H and O–H groups in total. The summed E-state index contributed by atoms with van der Waals surface area (Å²) >= 11 is 0. The molecule has 0 aliphatic carbocycles. The van der Waals surface area contributed by atoms with E-state index in [1.54, 1.807) is 12.4 Å². The highest BCUT2D eigenvalue weighted by Crippen LogP contribution is 2.15. The molecule has 5 heteroatoms. The van der Waals surface area contributed by atoms with Gasteiger partial charge in [0.15, 0.2) is 0 Å². The van der Waals surface area contributed by atoms with E-state index in [2.05, 4.69) is 9.98 Å². The predicted molar refractivity (Wildman–Crippen MR) is 71.8 cm³/mol. The molecular formula is C14H17N3O2. The quantitative estimate of drug-likeness (QED) is 0.587. The highest BCUT2D eigenvalue weighted by Gasteiger charge is 2.25. The van der Waals surface area contributed by atoms with Gasteiger partial charge in [-0.15, -0.1) is 0 Å². The van der Waals surface area contributed by atoms with Crippen LogP contribution in [-0.4, -0.2) is 41.5 Å². The summed E-state index contributed by atoms with van der Waals surface area (Å²) in [6.45, 7) is 1.61. The van der Waals surface area contributed by atoms with Crippen LogP contribution in [0.2, 0.25) is 0 Å². The molecule has 0 aromatic carbocycles. The minimum atomic E-state index is -0.370. The third kappa shape index (κ3) is 3.71. The third-order valence-corrected chi connectivity index (χ3v) is 3.27. The van der Waals surface area contributed by atoms with E-state index in [0.29, 0.717) is 12.8 Å². The van der Waals surface area contributed by atoms with Crippen molar-refractivity contribution in [3.8, 4) is 0 Å². The van der Waals surface area contributed by atoms with Crippen molar-refractivity contribution in [1.29, 1.82) is 0 Å². The van der Waals surface area contributed by atoms with Gasteiger partial charge in [0.05, 0.1) is 5.92 Å². The first-order valence-corrected chi connectivity index (χ1v) is 6.46. The van der Waals surface area contributed by atoms with E-state index in [9.17, 15) is 9.59 Å². The Morgan fingerprint density at radius 3 is 2.68 bits per heavy atom. The van der Waals surface area contributed by atoms with Crippen molar-refractivity contribution in [1.82, 2.24) is 9.88 Å². The molecule has 1 saturated heterocycles. The molecule has 1 unspecified atom stereocenters. The van der Waals surface area contributed by atoms with Crippen LogP contribution in [0.1, 0.15) is 18.4 Å². The Hall–Kier alpha value is -2.04. The lowest BCUT2D eigenvalue weighted by Crippen LogP contribution is -2.35. The van der Waals surface area contributed by atoms with Gasteiger partial charge in [0.25, 0.3) is 0 Å². The highest BCUT2D eigenvalue weighted by molar-refractivity contribution is 5.95. The number of hydrogen-bond donors (Lipinski definition) is 0. The maximum atomic E-state index is 12.4. The number of carbonyl (C=O) groups excluding carboxylic acids is 2. The first kappa shape index (κ1) is 13.4. The van der Waals surface area contributed by atoms with E-state index in [1.165, 1.54) is 6.21 Å². The second-order valence-corrected chi connectivity index (χ2v) is 4.60. The number of likely N-dealkylation sites (tertiary alicyclic amines) is 1. The lowest BCUT2D eigenvalue weighted by molar-refractivity contribution is -0.132. The van der Waals surface area contributed by atoms with Crippen LogP contribution >= 0.6 is 0 Å². The first-order valence-electron chi connectivity index (χ1n) is 6.46. The monoisotopic (exact) mass is 259 g/mol. The summed E-state index contributed by atoms with van der Waals surface area (Å²) in [4.78, 5) is 32.1. The topological polar surface area (TPSA) is 62.6 Å². The standard InChI is InChI=1S/C14H17N3O2/c18-11-16-10-13(9-12-3-5-15-6-4-12)14(19)17-7-1-2-8-17/h3-6,10-11,13H,1-2,7-9H2. The molecule has 0 spiro atoms. The summed E-state index contributed by atoms with van der Waals surface area (Å²) in [7, 11) is 0. The van der Waals surface area contributed by atoms with Crippen molar-refractivity contribution in [3.63, 3.8) is 0 Å². The van der Waals surface area contributed by atoms with Gasteiger partial charge < -0.3 is 4.90 Å². The van der Waals surface area contributed by atoms with Crippen molar-refractivity contribution < 1.29 is 9.59 Å². The summed E-state index contributed by atoms with van der Waals surface area (Å²) in [5.41, 5.74) is 1.02. The van der Waals surface area contributed by atoms with Crippen LogP contribution < -0.4 is 0 Å². The maximum absolute atomic E-state index is 12.4. The fourth-order valence-electron chi connectivity index (χ4n) is 2.29. The smallest absolute Gasteiger partial charge is 0.232 e. The second kappa shape index (κ2) is 6.78. The van der Waals surface area contributed by atoms with Gasteiger partial charge in [-0.2, -0.15) is 0 Å². The van der Waals surface area contributed by atoms with E-state index < -0.39 is 0 Å². The molecule has 1 fully saturated rings. The van der Waals surface area contributed by atoms with Gasteiger partial charge in [0.2, 0.25) is 12.3 Å². The summed E-state index contributed by atoms with van der Waals surface area (Å²) in [6, 6.07) is 3.75. The number of rotatable bonds is 5. The van der Waals surface area contributed by atoms with Gasteiger partial charge in [-0.25, -0.2) is 4.99 Å². The van der Waals surface area contributed by atoms with Gasteiger partial charge >= 0.3 is 0 Å². The number of aliphatic imine (C=N–C) groups is 1. The zero-order valence-electron chi connectivity index (χ0n) is 10.7. The van der Waals surface area contributed by atoms with Crippen LogP contribution in [0.3, 0.4) is 0 Å². The van der Waals surface area contributed by atoms with Crippen LogP contribution in [-0.2, 0) is 16.0 Å². The predicted octanol–water partition coefficient (Wildman–Crippen LogP) is 1.09. The summed E-state index contributed by atoms with van der Waals surface area (Å²) in [6.07, 6.45) is 7.98. The maximum Gasteiger partial charge on any atom is 0.232 e. The van der Waals surface area contributed by atoms with Gasteiger partial charge in [-0.3, -0.25) is 14.6 Å². The highest BCUT2D eigenvalue weighted by atomic mass is 16.2. The van der Waals surface area contributed by atoms with Crippen molar-refractivity contribution in [3.05, 3.63) is 30.1 Å². The Morgan fingerprint density at radius 2 is 2.05 bits per heavy atom. The van der Waals surface area contributed by atoms with Gasteiger partial charge in [0, 0.05) is 31.7 Å². The molecular weight excluding hydrogens is 242 g/mol. The number of hydrogen-bond acceptors (Lipinski definition) is 3. The number of nitrogens with zero attached hydrogens (tertiary/aromatic N) is 3. The average molecular weight is 259 g/mol. The van der Waals surface area contributed by atoms with E-state index in [0.717, 1.165) is 31.5 Å². The minimum Gasteiger partial charge on any atom is -0.342 e. The fourth-order valence-corrected chi connectivity index (χ4v) is 2.29. The molecule has 2 rings (SSSR count). The minimum absolute atomic E-state index is 0.0555. The molecule has 1 aromatic rings. The van der Waals surface area contributed by atoms with Crippen LogP contribution in [0.15, 0.2) is 29.5 Å². The zero-order valence-corrected chi connectivity index (χ0v) is 10.7. The molecule has 2 heterocycles. The lowest BCUT2D eigenvalue weighted by Gasteiger charge is -2.20. The van der Waals surface area contributed by atoms with Crippen molar-refractivity contribution in [2.75, 3.05) is 13.1 Å². The van der Waals surface area contributed by atoms with Gasteiger partial charge in [-0.1, -0.05) is 0 Å². The third-order valence-electron chi connectivity index (χ3n) is 3.27. The SMILES string of the molecule is O=CN=CC(Cc1ccncc1)C(=O)N1CCCC1. The Balaban J connectivity index is 2.08. The molecule has 1 atom stereocenters. The number of amides is 2. The Labute approximate surface area is 112 Å². The zero-order chi connectivity index (χ0) is 13.5. The number of pyridine rings is 1. The molecule has 19 heavy (non-hydrogen) atoms. The van der Waals surface area contributed by atoms with Crippen molar-refractivity contribution >= 4 is 18.5 Å². The van der Waals surface area contributed by atoms with Crippen LogP contribution in [0, 0.1) is 5.92 Å². The lowest BCUT2D eigenvalue weighted by atomic mass is 10.00. The van der Waals surface area contributed by atoms with Crippen molar-refractivity contribution in [2.24, 2.45) is 10.9 Å². The van der Waals surface area contributed by atoms with Gasteiger partial charge in [0.1, 0.15) is 0 Å². The molecule has 100 valence electrons. The summed E-state index contributed by atoms with van der Waals surface area (Å²) in [5.74, 6) is -0.314. The number of carbonyl (C=O) groups is 2. The van der Waals surface area contributed by atoms with Crippen LogP contribution in [0.4, 0.5) is 0 Å². The molecule has 0 saturated carbocycles. The molecule has 1 aliphatic rings. The van der Waals surface area contributed by atoms with E-state index in [4.69, 9.17) is 0 Å². The molecule has 5 nitrogen and oxygen atoms in total. The molecule has 2 amide bonds. The largest absolute Gasteiger partial charge is 0.342 e. The summed E-state index contributed by atoms with van der Waals surface area (Å²) < 4.78 is 0. The van der Waals surface area contributed by atoms with E-state index >= 15 is 0 Å². The second-order valence-electron chi connectivity index (χ2n) is 4.60. The fraction of sp³-hybridized carbons (Fsp3) is 0.429. The number of aromatic nitrogens is 1. The van der Waals surface area contributed by atoms with E-state index in [-0.39, 0.29) is 11.8 Å². The molecule has 1 aromatic heterocycles. The van der Waals surface area contributed by atoms with E-state index in [1.807, 2.05) is 17.0 Å².